The van der Waals surface area contributed by atoms with Crippen molar-refractivity contribution in [2.24, 2.45) is 10.4 Å². The van der Waals surface area contributed by atoms with E-state index in [1.807, 2.05) is 14.1 Å². The van der Waals surface area contributed by atoms with E-state index in [-0.39, 0.29) is 41.3 Å². The van der Waals surface area contributed by atoms with Crippen LogP contribution in [0.25, 0.3) is 0 Å². The molecule has 1 heterocycles. The van der Waals surface area contributed by atoms with Crippen molar-refractivity contribution in [2.45, 2.75) is 31.7 Å². The Bertz CT molecular complexity index is 597. The van der Waals surface area contributed by atoms with Gasteiger partial charge in [0.25, 0.3) is 0 Å². The number of carbonyl (C=O) groups excluding carboxylic acids is 1. The fourth-order valence-corrected chi connectivity index (χ4v) is 4.60. The Kier molecular flexibility index (Phi) is 10.0. The largest absolute Gasteiger partial charge is 0.355 e. The van der Waals surface area contributed by atoms with Crippen LogP contribution in [0, 0.1) is 5.41 Å². The van der Waals surface area contributed by atoms with Crippen molar-refractivity contribution in [3.63, 3.8) is 0 Å². The molecule has 6 nitrogen and oxygen atoms in total. The lowest BCUT2D eigenvalue weighted by molar-refractivity contribution is -0.138. The Balaban J connectivity index is 0.00000364. The summed E-state index contributed by atoms with van der Waals surface area (Å²) < 4.78 is 0. The number of hydrogen-bond donors (Lipinski definition) is 2. The summed E-state index contributed by atoms with van der Waals surface area (Å²) in [7, 11) is 9.65. The third kappa shape index (κ3) is 6.32. The zero-order valence-corrected chi connectivity index (χ0v) is 20.3. The number of amides is 1. The van der Waals surface area contributed by atoms with Gasteiger partial charge in [-0.3, -0.25) is 9.79 Å². The fourth-order valence-electron chi connectivity index (χ4n) is 3.68. The lowest BCUT2D eigenvalue weighted by Gasteiger charge is -2.32. The summed E-state index contributed by atoms with van der Waals surface area (Å²) in [6.07, 6.45) is 4.13. The number of nitrogens with one attached hydrogen (secondary N) is 2. The molecule has 2 rings (SSSR count). The maximum Gasteiger partial charge on any atom is 0.230 e. The fraction of sp³-hybridized carbons (Fsp3) is 0.684. The number of halogens is 1. The van der Waals surface area contributed by atoms with Gasteiger partial charge in [0.1, 0.15) is 0 Å². The summed E-state index contributed by atoms with van der Waals surface area (Å²) in [6, 6.07) is 4.54. The molecule has 1 aliphatic rings. The highest BCUT2D eigenvalue weighted by molar-refractivity contribution is 14.0. The molecule has 0 bridgehead atoms. The number of rotatable bonds is 7. The van der Waals surface area contributed by atoms with E-state index < -0.39 is 0 Å². The zero-order valence-electron chi connectivity index (χ0n) is 17.1. The Morgan fingerprint density at radius 2 is 1.93 bits per heavy atom. The van der Waals surface area contributed by atoms with E-state index in [2.05, 4.69) is 52.1 Å². The second-order valence-corrected chi connectivity index (χ2v) is 8.47. The molecule has 0 spiro atoms. The number of thiophene rings is 1. The quantitative estimate of drug-likeness (QED) is 0.339. The molecule has 1 saturated carbocycles. The van der Waals surface area contributed by atoms with Crippen LogP contribution in [0.1, 0.15) is 36.6 Å². The number of nitrogens with zero attached hydrogens (tertiary/aromatic N) is 3. The van der Waals surface area contributed by atoms with Crippen LogP contribution in [0.4, 0.5) is 0 Å². The summed E-state index contributed by atoms with van der Waals surface area (Å²) >= 11 is 1.77. The molecule has 1 aromatic heterocycles. The first-order valence-corrected chi connectivity index (χ1v) is 10.1. The van der Waals surface area contributed by atoms with Gasteiger partial charge in [-0.25, -0.2) is 0 Å². The molecule has 0 radical (unpaired) electrons. The van der Waals surface area contributed by atoms with E-state index in [9.17, 15) is 4.79 Å². The summed E-state index contributed by atoms with van der Waals surface area (Å²) in [5, 5.41) is 8.94. The highest BCUT2D eigenvalue weighted by Crippen LogP contribution is 2.38. The van der Waals surface area contributed by atoms with E-state index >= 15 is 0 Å². The van der Waals surface area contributed by atoms with Crippen LogP contribution in [0.3, 0.4) is 0 Å². The first kappa shape index (κ1) is 24.2. The smallest absolute Gasteiger partial charge is 0.230 e. The summed E-state index contributed by atoms with van der Waals surface area (Å²) in [6.45, 7) is 1.40. The Labute approximate surface area is 184 Å². The third-order valence-corrected chi connectivity index (χ3v) is 6.17. The van der Waals surface area contributed by atoms with Crippen molar-refractivity contribution in [1.82, 2.24) is 20.4 Å². The van der Waals surface area contributed by atoms with Gasteiger partial charge in [0.05, 0.1) is 11.5 Å². The van der Waals surface area contributed by atoms with Gasteiger partial charge in [0, 0.05) is 39.1 Å². The van der Waals surface area contributed by atoms with Gasteiger partial charge in [-0.15, -0.1) is 35.3 Å². The second kappa shape index (κ2) is 11.2. The summed E-state index contributed by atoms with van der Waals surface area (Å²) in [5.74, 6) is 0.981. The van der Waals surface area contributed by atoms with Crippen LogP contribution in [0.2, 0.25) is 0 Å². The average Bonchev–Trinajstić information content (AvgIpc) is 3.29. The van der Waals surface area contributed by atoms with Crippen LogP contribution in [-0.2, 0) is 4.79 Å². The highest BCUT2D eigenvalue weighted by atomic mass is 127. The minimum Gasteiger partial charge on any atom is -0.355 e. The van der Waals surface area contributed by atoms with Gasteiger partial charge in [0.15, 0.2) is 5.96 Å². The standard InChI is InChI=1S/C19H33N5OS.HI/c1-20-18(21-13-15(23(2)3)16-9-8-12-26-16)22-14-19(10-6-7-11-19)17(25)24(4)5;/h8-9,12,15H,6-7,10-11,13-14H2,1-5H3,(H2,20,21,22);1H. The molecule has 1 unspecified atom stereocenters. The van der Waals surface area contributed by atoms with Gasteiger partial charge in [-0.1, -0.05) is 18.9 Å². The topological polar surface area (TPSA) is 60.0 Å². The first-order chi connectivity index (χ1) is 12.4. The number of guanidine groups is 1. The van der Waals surface area contributed by atoms with Crippen molar-refractivity contribution in [3.8, 4) is 0 Å². The van der Waals surface area contributed by atoms with E-state index in [1.54, 1.807) is 23.3 Å². The van der Waals surface area contributed by atoms with Crippen molar-refractivity contribution in [3.05, 3.63) is 22.4 Å². The monoisotopic (exact) mass is 507 g/mol. The number of likely N-dealkylation sites (N-methyl/N-ethyl adjacent to an activating group) is 1. The molecule has 1 aliphatic carbocycles. The lowest BCUT2D eigenvalue weighted by atomic mass is 9.84. The van der Waals surface area contributed by atoms with Gasteiger partial charge < -0.3 is 20.4 Å². The van der Waals surface area contributed by atoms with Gasteiger partial charge >= 0.3 is 0 Å². The molecule has 1 atom stereocenters. The number of carbonyl (C=O) groups is 1. The average molecular weight is 507 g/mol. The summed E-state index contributed by atoms with van der Waals surface area (Å²) in [5.41, 5.74) is -0.296. The zero-order chi connectivity index (χ0) is 19.2. The molecule has 0 saturated heterocycles. The van der Waals surface area contributed by atoms with E-state index in [0.717, 1.165) is 38.2 Å². The van der Waals surface area contributed by atoms with Crippen molar-refractivity contribution >= 4 is 47.2 Å². The summed E-state index contributed by atoms with van der Waals surface area (Å²) in [4.78, 5) is 22.3. The molecule has 27 heavy (non-hydrogen) atoms. The minimum atomic E-state index is -0.296. The van der Waals surface area contributed by atoms with Crippen LogP contribution >= 0.6 is 35.3 Å². The molecule has 1 fully saturated rings. The predicted molar refractivity (Wildman–Crippen MR) is 125 cm³/mol. The molecular formula is C19H34IN5OS. The Hall–Kier alpha value is -0.870. The van der Waals surface area contributed by atoms with E-state index in [0.29, 0.717) is 6.54 Å². The normalized spacial score (nSPS) is 17.3. The van der Waals surface area contributed by atoms with Gasteiger partial charge in [-0.05, 0) is 38.4 Å². The van der Waals surface area contributed by atoms with Crippen LogP contribution in [-0.4, -0.2) is 70.0 Å². The number of hydrogen-bond acceptors (Lipinski definition) is 4. The van der Waals surface area contributed by atoms with E-state index in [4.69, 9.17) is 0 Å². The van der Waals surface area contributed by atoms with Crippen molar-refractivity contribution in [2.75, 3.05) is 48.3 Å². The Morgan fingerprint density at radius 3 is 2.41 bits per heavy atom. The second-order valence-electron chi connectivity index (χ2n) is 7.49. The third-order valence-electron chi connectivity index (χ3n) is 5.20. The Morgan fingerprint density at radius 1 is 1.26 bits per heavy atom. The molecule has 8 heteroatoms. The molecule has 1 amide bonds. The first-order valence-electron chi connectivity index (χ1n) is 9.26. The highest BCUT2D eigenvalue weighted by Gasteiger charge is 2.42. The van der Waals surface area contributed by atoms with Crippen molar-refractivity contribution < 1.29 is 4.79 Å². The minimum absolute atomic E-state index is 0. The molecule has 0 aromatic carbocycles. The van der Waals surface area contributed by atoms with Crippen LogP contribution in [0.5, 0.6) is 0 Å². The maximum atomic E-state index is 12.7. The van der Waals surface area contributed by atoms with Crippen LogP contribution < -0.4 is 10.6 Å². The van der Waals surface area contributed by atoms with Crippen LogP contribution in [0.15, 0.2) is 22.5 Å². The van der Waals surface area contributed by atoms with Gasteiger partial charge in [-0.2, -0.15) is 0 Å². The molecule has 2 N–H and O–H groups in total. The van der Waals surface area contributed by atoms with Gasteiger partial charge in [0.2, 0.25) is 5.91 Å². The lowest BCUT2D eigenvalue weighted by Crippen LogP contribution is -2.50. The SMILES string of the molecule is CN=C(NCC(c1cccs1)N(C)C)NCC1(C(=O)N(C)C)CCCC1.I. The van der Waals surface area contributed by atoms with Crippen molar-refractivity contribution in [1.29, 1.82) is 0 Å². The number of aliphatic imine (C=N–C) groups is 1. The molecule has 0 aliphatic heterocycles. The molecule has 1 aromatic rings. The molecular weight excluding hydrogens is 473 g/mol. The van der Waals surface area contributed by atoms with E-state index in [1.165, 1.54) is 4.88 Å². The maximum absolute atomic E-state index is 12.7. The predicted octanol–water partition coefficient (Wildman–Crippen LogP) is 2.78. The molecule has 154 valence electrons.